The summed E-state index contributed by atoms with van der Waals surface area (Å²) in [5.41, 5.74) is 1.45. The third-order valence-corrected chi connectivity index (χ3v) is 5.86. The SMILES string of the molecule is Cc1ccc(S(=O)(=O)Nc2cccc(-n3cccc3)c2)s1. The van der Waals surface area contributed by atoms with E-state index in [2.05, 4.69) is 4.72 Å². The molecule has 4 nitrogen and oxygen atoms in total. The second-order valence-electron chi connectivity index (χ2n) is 4.61. The molecule has 2 aromatic heterocycles. The van der Waals surface area contributed by atoms with Crippen molar-refractivity contribution in [2.75, 3.05) is 4.72 Å². The summed E-state index contributed by atoms with van der Waals surface area (Å²) in [5.74, 6) is 0. The summed E-state index contributed by atoms with van der Waals surface area (Å²) in [6.45, 7) is 1.89. The predicted octanol–water partition coefficient (Wildman–Crippen LogP) is 3.65. The maximum absolute atomic E-state index is 12.3. The Balaban J connectivity index is 1.90. The highest BCUT2D eigenvalue weighted by atomic mass is 32.2. The van der Waals surface area contributed by atoms with Gasteiger partial charge in [-0.3, -0.25) is 4.72 Å². The molecule has 0 saturated carbocycles. The van der Waals surface area contributed by atoms with Crippen LogP contribution in [0.15, 0.2) is 65.1 Å². The van der Waals surface area contributed by atoms with Gasteiger partial charge >= 0.3 is 0 Å². The molecule has 6 heteroatoms. The minimum Gasteiger partial charge on any atom is -0.324 e. The maximum Gasteiger partial charge on any atom is 0.271 e. The number of aromatic nitrogens is 1. The van der Waals surface area contributed by atoms with Crippen molar-refractivity contribution in [2.24, 2.45) is 0 Å². The third-order valence-electron chi connectivity index (χ3n) is 2.98. The van der Waals surface area contributed by atoms with E-state index in [1.54, 1.807) is 24.3 Å². The van der Waals surface area contributed by atoms with E-state index < -0.39 is 10.0 Å². The third kappa shape index (κ3) is 3.01. The molecule has 0 aliphatic rings. The molecule has 0 aliphatic heterocycles. The summed E-state index contributed by atoms with van der Waals surface area (Å²) in [7, 11) is -3.52. The van der Waals surface area contributed by atoms with Gasteiger partial charge in [-0.2, -0.15) is 0 Å². The van der Waals surface area contributed by atoms with Crippen LogP contribution in [0.3, 0.4) is 0 Å². The van der Waals surface area contributed by atoms with E-state index in [0.29, 0.717) is 9.90 Å². The molecule has 21 heavy (non-hydrogen) atoms. The summed E-state index contributed by atoms with van der Waals surface area (Å²) in [4.78, 5) is 0.969. The van der Waals surface area contributed by atoms with Gasteiger partial charge in [-0.05, 0) is 49.4 Å². The minimum atomic E-state index is -3.52. The van der Waals surface area contributed by atoms with E-state index in [1.807, 2.05) is 48.1 Å². The van der Waals surface area contributed by atoms with E-state index >= 15 is 0 Å². The van der Waals surface area contributed by atoms with Crippen LogP contribution in [0.1, 0.15) is 4.88 Å². The molecule has 1 aromatic carbocycles. The molecule has 0 atom stereocenters. The van der Waals surface area contributed by atoms with Crippen molar-refractivity contribution >= 4 is 27.0 Å². The summed E-state index contributed by atoms with van der Waals surface area (Å²) >= 11 is 1.26. The first-order chi connectivity index (χ1) is 10.0. The molecule has 3 aromatic rings. The number of aryl methyl sites for hydroxylation is 1. The van der Waals surface area contributed by atoms with Gasteiger partial charge in [0.1, 0.15) is 4.21 Å². The average Bonchev–Trinajstić information content (AvgIpc) is 3.09. The van der Waals surface area contributed by atoms with Crippen molar-refractivity contribution in [1.29, 1.82) is 0 Å². The Bertz CT molecular complexity index is 849. The normalized spacial score (nSPS) is 11.5. The topological polar surface area (TPSA) is 51.1 Å². The van der Waals surface area contributed by atoms with Gasteiger partial charge < -0.3 is 4.57 Å². The van der Waals surface area contributed by atoms with E-state index in [0.717, 1.165) is 10.6 Å². The monoisotopic (exact) mass is 318 g/mol. The average molecular weight is 318 g/mol. The Morgan fingerprint density at radius 1 is 1.05 bits per heavy atom. The fraction of sp³-hybridized carbons (Fsp3) is 0.0667. The predicted molar refractivity (Wildman–Crippen MR) is 85.6 cm³/mol. The number of nitrogens with one attached hydrogen (secondary N) is 1. The standard InChI is InChI=1S/C15H14N2O2S2/c1-12-7-8-15(20-12)21(18,19)16-13-5-4-6-14(11-13)17-9-2-3-10-17/h2-11,16H,1H3. The Morgan fingerprint density at radius 2 is 1.81 bits per heavy atom. The lowest BCUT2D eigenvalue weighted by Gasteiger charge is -2.09. The molecule has 2 heterocycles. The van der Waals surface area contributed by atoms with Gasteiger partial charge in [-0.25, -0.2) is 8.42 Å². The van der Waals surface area contributed by atoms with Gasteiger partial charge in [0.25, 0.3) is 10.0 Å². The van der Waals surface area contributed by atoms with Crippen molar-refractivity contribution in [3.63, 3.8) is 0 Å². The van der Waals surface area contributed by atoms with E-state index in [4.69, 9.17) is 0 Å². The zero-order chi connectivity index (χ0) is 14.9. The molecule has 0 bridgehead atoms. The van der Waals surface area contributed by atoms with Gasteiger partial charge in [-0.15, -0.1) is 11.3 Å². The molecule has 0 saturated heterocycles. The van der Waals surface area contributed by atoms with Gasteiger partial charge in [-0.1, -0.05) is 6.07 Å². The lowest BCUT2D eigenvalue weighted by atomic mass is 10.3. The van der Waals surface area contributed by atoms with Crippen LogP contribution in [0.4, 0.5) is 5.69 Å². The molecule has 1 N–H and O–H groups in total. The van der Waals surface area contributed by atoms with Crippen LogP contribution in [0.2, 0.25) is 0 Å². The summed E-state index contributed by atoms with van der Waals surface area (Å²) < 4.78 is 29.5. The number of hydrogen-bond acceptors (Lipinski definition) is 3. The van der Waals surface area contributed by atoms with Crippen LogP contribution in [-0.2, 0) is 10.0 Å². The highest BCUT2D eigenvalue weighted by Gasteiger charge is 2.16. The fourth-order valence-corrected chi connectivity index (χ4v) is 4.33. The molecule has 0 amide bonds. The van der Waals surface area contributed by atoms with Crippen molar-refractivity contribution < 1.29 is 8.42 Å². The number of anilines is 1. The van der Waals surface area contributed by atoms with Crippen LogP contribution >= 0.6 is 11.3 Å². The van der Waals surface area contributed by atoms with Crippen LogP contribution < -0.4 is 4.72 Å². The van der Waals surface area contributed by atoms with Crippen LogP contribution in [0, 0.1) is 6.92 Å². The molecule has 0 unspecified atom stereocenters. The van der Waals surface area contributed by atoms with Crippen molar-refractivity contribution in [2.45, 2.75) is 11.1 Å². The van der Waals surface area contributed by atoms with Gasteiger partial charge in [0.2, 0.25) is 0 Å². The minimum absolute atomic E-state index is 0.325. The highest BCUT2D eigenvalue weighted by Crippen LogP contribution is 2.24. The Kier molecular flexibility index (Phi) is 3.57. The number of rotatable bonds is 4. The van der Waals surface area contributed by atoms with Gasteiger partial charge in [0.15, 0.2) is 0 Å². The molecular formula is C15H14N2O2S2. The Labute approximate surface area is 127 Å². The summed E-state index contributed by atoms with van der Waals surface area (Å²) in [6.07, 6.45) is 3.83. The van der Waals surface area contributed by atoms with Crippen molar-refractivity contribution in [1.82, 2.24) is 4.57 Å². The van der Waals surface area contributed by atoms with Crippen molar-refractivity contribution in [3.05, 3.63) is 65.8 Å². The van der Waals surface area contributed by atoms with E-state index in [-0.39, 0.29) is 0 Å². The molecular weight excluding hydrogens is 304 g/mol. The van der Waals surface area contributed by atoms with Gasteiger partial charge in [0, 0.05) is 23.0 Å². The number of hydrogen-bond donors (Lipinski definition) is 1. The number of benzene rings is 1. The van der Waals surface area contributed by atoms with Gasteiger partial charge in [0.05, 0.1) is 5.69 Å². The molecule has 0 aliphatic carbocycles. The summed E-state index contributed by atoms with van der Waals surface area (Å²) in [6, 6.07) is 14.6. The number of thiophene rings is 1. The highest BCUT2D eigenvalue weighted by molar-refractivity contribution is 7.94. The Hall–Kier alpha value is -2.05. The first-order valence-electron chi connectivity index (χ1n) is 6.37. The first-order valence-corrected chi connectivity index (χ1v) is 8.67. The van der Waals surface area contributed by atoms with Crippen LogP contribution in [-0.4, -0.2) is 13.0 Å². The molecule has 0 spiro atoms. The second-order valence-corrected chi connectivity index (χ2v) is 7.81. The molecule has 0 radical (unpaired) electrons. The number of nitrogens with zero attached hydrogens (tertiary/aromatic N) is 1. The quantitative estimate of drug-likeness (QED) is 0.798. The zero-order valence-electron chi connectivity index (χ0n) is 11.4. The van der Waals surface area contributed by atoms with Crippen molar-refractivity contribution in [3.8, 4) is 5.69 Å². The maximum atomic E-state index is 12.3. The smallest absolute Gasteiger partial charge is 0.271 e. The second kappa shape index (κ2) is 5.38. The van der Waals surface area contributed by atoms with Crippen LogP contribution in [0.5, 0.6) is 0 Å². The largest absolute Gasteiger partial charge is 0.324 e. The fourth-order valence-electron chi connectivity index (χ4n) is 2.00. The lowest BCUT2D eigenvalue weighted by Crippen LogP contribution is -2.11. The van der Waals surface area contributed by atoms with E-state index in [1.165, 1.54) is 11.3 Å². The zero-order valence-corrected chi connectivity index (χ0v) is 13.0. The Morgan fingerprint density at radius 3 is 2.48 bits per heavy atom. The van der Waals surface area contributed by atoms with E-state index in [9.17, 15) is 8.42 Å². The number of sulfonamides is 1. The lowest BCUT2D eigenvalue weighted by molar-refractivity contribution is 0.603. The van der Waals surface area contributed by atoms with Crippen LogP contribution in [0.25, 0.3) is 5.69 Å². The molecule has 0 fully saturated rings. The summed E-state index contributed by atoms with van der Waals surface area (Å²) in [5, 5.41) is 0. The molecule has 108 valence electrons. The first kappa shape index (κ1) is 13.9. The molecule has 3 rings (SSSR count).